The first-order valence-corrected chi connectivity index (χ1v) is 7.06. The summed E-state index contributed by atoms with van der Waals surface area (Å²) in [5, 5.41) is 6.07. The van der Waals surface area contributed by atoms with Gasteiger partial charge in [-0.3, -0.25) is 9.59 Å². The number of carbonyl (C=O) groups excluding carboxylic acids is 2. The van der Waals surface area contributed by atoms with Gasteiger partial charge in [0.05, 0.1) is 5.02 Å². The minimum absolute atomic E-state index is 0.0628. The first-order valence-electron chi connectivity index (χ1n) is 6.68. The van der Waals surface area contributed by atoms with E-state index < -0.39 is 0 Å². The van der Waals surface area contributed by atoms with Gasteiger partial charge >= 0.3 is 0 Å². The lowest BCUT2D eigenvalue weighted by molar-refractivity contribution is -0.117. The van der Waals surface area contributed by atoms with E-state index in [4.69, 9.17) is 11.6 Å². The molecule has 0 unspecified atom stereocenters. The van der Waals surface area contributed by atoms with E-state index in [0.717, 1.165) is 18.5 Å². The van der Waals surface area contributed by atoms with Crippen LogP contribution in [-0.2, 0) is 4.79 Å². The van der Waals surface area contributed by atoms with Gasteiger partial charge in [0.15, 0.2) is 0 Å². The molecule has 108 valence electrons. The molecule has 6 heteroatoms. The Kier molecular flexibility index (Phi) is 3.66. The number of hydrogen-bond donors (Lipinski definition) is 3. The highest BCUT2D eigenvalue weighted by Crippen LogP contribution is 2.30. The second kappa shape index (κ2) is 5.61. The molecule has 3 rings (SSSR count). The van der Waals surface area contributed by atoms with Crippen LogP contribution in [0.1, 0.15) is 23.3 Å². The van der Waals surface area contributed by atoms with E-state index in [1.54, 1.807) is 36.5 Å². The molecule has 0 aliphatic heterocycles. The molecule has 0 saturated heterocycles. The van der Waals surface area contributed by atoms with Gasteiger partial charge in [0.2, 0.25) is 5.91 Å². The van der Waals surface area contributed by atoms with Gasteiger partial charge < -0.3 is 15.6 Å². The molecule has 0 radical (unpaired) electrons. The van der Waals surface area contributed by atoms with Crippen LogP contribution in [0, 0.1) is 5.92 Å². The summed E-state index contributed by atoms with van der Waals surface area (Å²) < 4.78 is 0. The molecular weight excluding hydrogens is 290 g/mol. The average molecular weight is 304 g/mol. The molecule has 0 bridgehead atoms. The number of nitrogens with one attached hydrogen (secondary N) is 3. The summed E-state index contributed by atoms with van der Waals surface area (Å²) in [6.07, 6.45) is 3.49. The molecule has 1 heterocycles. The third kappa shape index (κ3) is 3.44. The Morgan fingerprint density at radius 1 is 1.10 bits per heavy atom. The fourth-order valence-corrected chi connectivity index (χ4v) is 2.09. The SMILES string of the molecule is O=C(Nc1ccc(NC(=O)C2CC2)cc1)c1cc(Cl)c[nH]1. The Labute approximate surface area is 126 Å². The van der Waals surface area contributed by atoms with Crippen molar-refractivity contribution in [1.82, 2.24) is 4.98 Å². The normalized spacial score (nSPS) is 13.8. The van der Waals surface area contributed by atoms with E-state index in [9.17, 15) is 9.59 Å². The van der Waals surface area contributed by atoms with Crippen LogP contribution in [0.2, 0.25) is 5.02 Å². The van der Waals surface area contributed by atoms with E-state index in [-0.39, 0.29) is 17.7 Å². The lowest BCUT2D eigenvalue weighted by Crippen LogP contribution is -2.14. The van der Waals surface area contributed by atoms with Gasteiger partial charge in [-0.2, -0.15) is 0 Å². The Bertz CT molecular complexity index is 674. The first kappa shape index (κ1) is 13.7. The van der Waals surface area contributed by atoms with Gasteiger partial charge in [-0.25, -0.2) is 0 Å². The van der Waals surface area contributed by atoms with E-state index in [2.05, 4.69) is 15.6 Å². The number of rotatable bonds is 4. The van der Waals surface area contributed by atoms with Crippen LogP contribution in [0.3, 0.4) is 0 Å². The summed E-state index contributed by atoms with van der Waals surface area (Å²) in [4.78, 5) is 26.3. The number of H-pyrrole nitrogens is 1. The molecule has 0 atom stereocenters. The third-order valence-corrected chi connectivity index (χ3v) is 3.47. The second-order valence-electron chi connectivity index (χ2n) is 5.03. The molecular formula is C15H14ClN3O2. The highest BCUT2D eigenvalue weighted by molar-refractivity contribution is 6.31. The van der Waals surface area contributed by atoms with Gasteiger partial charge in [-0.15, -0.1) is 0 Å². The van der Waals surface area contributed by atoms with Gasteiger partial charge in [0.25, 0.3) is 5.91 Å². The molecule has 3 N–H and O–H groups in total. The largest absolute Gasteiger partial charge is 0.356 e. The van der Waals surface area contributed by atoms with Crippen LogP contribution in [0.15, 0.2) is 36.5 Å². The second-order valence-corrected chi connectivity index (χ2v) is 5.46. The van der Waals surface area contributed by atoms with Crippen LogP contribution in [-0.4, -0.2) is 16.8 Å². The van der Waals surface area contributed by atoms with Crippen molar-refractivity contribution in [3.63, 3.8) is 0 Å². The lowest BCUT2D eigenvalue weighted by atomic mass is 10.2. The highest BCUT2D eigenvalue weighted by Gasteiger charge is 2.29. The van der Waals surface area contributed by atoms with Crippen molar-refractivity contribution in [2.75, 3.05) is 10.6 Å². The Morgan fingerprint density at radius 2 is 1.71 bits per heavy atom. The Hall–Kier alpha value is -2.27. The Balaban J connectivity index is 1.61. The number of amides is 2. The minimum Gasteiger partial charge on any atom is -0.356 e. The number of halogens is 1. The van der Waals surface area contributed by atoms with Crippen molar-refractivity contribution in [3.05, 3.63) is 47.2 Å². The Morgan fingerprint density at radius 3 is 2.24 bits per heavy atom. The number of benzene rings is 1. The molecule has 1 fully saturated rings. The van der Waals surface area contributed by atoms with Crippen molar-refractivity contribution in [1.29, 1.82) is 0 Å². The molecule has 5 nitrogen and oxygen atoms in total. The van der Waals surface area contributed by atoms with Crippen LogP contribution in [0.25, 0.3) is 0 Å². The summed E-state index contributed by atoms with van der Waals surface area (Å²) in [7, 11) is 0. The molecule has 1 aliphatic carbocycles. The van der Waals surface area contributed by atoms with E-state index in [1.165, 1.54) is 0 Å². The van der Waals surface area contributed by atoms with Crippen LogP contribution in [0.4, 0.5) is 11.4 Å². The van der Waals surface area contributed by atoms with Gasteiger partial charge in [0.1, 0.15) is 5.69 Å². The van der Waals surface area contributed by atoms with E-state index in [0.29, 0.717) is 16.4 Å². The zero-order valence-corrected chi connectivity index (χ0v) is 11.9. The van der Waals surface area contributed by atoms with Crippen LogP contribution >= 0.6 is 11.6 Å². The fourth-order valence-electron chi connectivity index (χ4n) is 1.92. The zero-order valence-electron chi connectivity index (χ0n) is 11.2. The van der Waals surface area contributed by atoms with Gasteiger partial charge in [0, 0.05) is 23.5 Å². The lowest BCUT2D eigenvalue weighted by Gasteiger charge is -2.07. The summed E-state index contributed by atoms with van der Waals surface area (Å²) in [6, 6.07) is 8.56. The van der Waals surface area contributed by atoms with E-state index >= 15 is 0 Å². The molecule has 1 aliphatic rings. The summed E-state index contributed by atoms with van der Waals surface area (Å²) >= 11 is 5.76. The number of hydrogen-bond acceptors (Lipinski definition) is 2. The van der Waals surface area contributed by atoms with Gasteiger partial charge in [-0.05, 0) is 43.2 Å². The van der Waals surface area contributed by atoms with Crippen molar-refractivity contribution in [2.24, 2.45) is 5.92 Å². The number of carbonyl (C=O) groups is 2. The maximum absolute atomic E-state index is 11.9. The monoisotopic (exact) mass is 303 g/mol. The predicted octanol–water partition coefficient (Wildman–Crippen LogP) is 3.27. The summed E-state index contributed by atoms with van der Waals surface area (Å²) in [5.74, 6) is -0.0357. The van der Waals surface area contributed by atoms with Gasteiger partial charge in [-0.1, -0.05) is 11.6 Å². The highest BCUT2D eigenvalue weighted by atomic mass is 35.5. The van der Waals surface area contributed by atoms with Crippen LogP contribution in [0.5, 0.6) is 0 Å². The molecule has 1 aromatic carbocycles. The minimum atomic E-state index is -0.267. The number of aromatic amines is 1. The predicted molar refractivity (Wildman–Crippen MR) is 81.6 cm³/mol. The fraction of sp³-hybridized carbons (Fsp3) is 0.200. The number of aromatic nitrogens is 1. The summed E-state index contributed by atoms with van der Waals surface area (Å²) in [6.45, 7) is 0. The molecule has 0 spiro atoms. The van der Waals surface area contributed by atoms with Crippen molar-refractivity contribution in [2.45, 2.75) is 12.8 Å². The quantitative estimate of drug-likeness (QED) is 0.811. The molecule has 1 saturated carbocycles. The molecule has 2 aromatic rings. The molecule has 21 heavy (non-hydrogen) atoms. The maximum atomic E-state index is 11.9. The smallest absolute Gasteiger partial charge is 0.272 e. The van der Waals surface area contributed by atoms with Crippen molar-refractivity contribution >= 4 is 34.8 Å². The van der Waals surface area contributed by atoms with Crippen LogP contribution < -0.4 is 10.6 Å². The number of anilines is 2. The topological polar surface area (TPSA) is 74.0 Å². The zero-order chi connectivity index (χ0) is 14.8. The summed E-state index contributed by atoms with van der Waals surface area (Å²) in [5.41, 5.74) is 1.77. The maximum Gasteiger partial charge on any atom is 0.272 e. The molecule has 2 amide bonds. The first-order chi connectivity index (χ1) is 10.1. The van der Waals surface area contributed by atoms with Crippen molar-refractivity contribution in [3.8, 4) is 0 Å². The average Bonchev–Trinajstić information content (AvgIpc) is 3.23. The third-order valence-electron chi connectivity index (χ3n) is 3.25. The van der Waals surface area contributed by atoms with Crippen molar-refractivity contribution < 1.29 is 9.59 Å². The van der Waals surface area contributed by atoms with E-state index in [1.807, 2.05) is 0 Å². The standard InChI is InChI=1S/C15H14ClN3O2/c16-10-7-13(17-8-10)15(21)19-12-5-3-11(4-6-12)18-14(20)9-1-2-9/h3-9,17H,1-2H2,(H,18,20)(H,19,21). The molecule has 1 aromatic heterocycles.